The Morgan fingerprint density at radius 3 is 2.52 bits per heavy atom. The molecule has 6 nitrogen and oxygen atoms in total. The molecular formula is C21H20FN3O3S. The molecule has 2 N–H and O–H groups in total. The molecule has 3 rings (SSSR count). The van der Waals surface area contributed by atoms with Crippen molar-refractivity contribution in [3.8, 4) is 17.0 Å². The van der Waals surface area contributed by atoms with Gasteiger partial charge in [0.05, 0.1) is 18.1 Å². The van der Waals surface area contributed by atoms with E-state index in [1.807, 2.05) is 19.1 Å². The molecule has 1 aromatic heterocycles. The van der Waals surface area contributed by atoms with E-state index in [-0.39, 0.29) is 17.3 Å². The highest BCUT2D eigenvalue weighted by Gasteiger charge is 2.20. The molecule has 1 heterocycles. The molecule has 0 fully saturated rings. The molecule has 3 aromatic rings. The summed E-state index contributed by atoms with van der Waals surface area (Å²) >= 11 is 1.17. The zero-order valence-electron chi connectivity index (χ0n) is 15.9. The van der Waals surface area contributed by atoms with Gasteiger partial charge in [0.2, 0.25) is 5.91 Å². The number of H-pyrrole nitrogens is 1. The summed E-state index contributed by atoms with van der Waals surface area (Å²) in [6.07, 6.45) is 0.522. The van der Waals surface area contributed by atoms with Crippen LogP contribution in [-0.4, -0.2) is 28.2 Å². The first-order valence-corrected chi connectivity index (χ1v) is 9.85. The van der Waals surface area contributed by atoms with Crippen molar-refractivity contribution in [3.63, 3.8) is 0 Å². The van der Waals surface area contributed by atoms with E-state index in [1.54, 1.807) is 19.2 Å². The maximum atomic E-state index is 13.0. The summed E-state index contributed by atoms with van der Waals surface area (Å²) in [7, 11) is 1.58. The van der Waals surface area contributed by atoms with Gasteiger partial charge in [-0.05, 0) is 55.0 Å². The molecular weight excluding hydrogens is 393 g/mol. The number of anilines is 1. The molecule has 1 unspecified atom stereocenters. The highest BCUT2D eigenvalue weighted by Crippen LogP contribution is 2.26. The molecule has 29 heavy (non-hydrogen) atoms. The Kier molecular flexibility index (Phi) is 6.66. The number of aromatic nitrogens is 2. The van der Waals surface area contributed by atoms with Gasteiger partial charge in [-0.15, -0.1) is 0 Å². The van der Waals surface area contributed by atoms with E-state index in [0.29, 0.717) is 28.7 Å². The lowest BCUT2D eigenvalue weighted by Crippen LogP contribution is -2.25. The zero-order chi connectivity index (χ0) is 20.8. The Hall–Kier alpha value is -3.13. The monoisotopic (exact) mass is 413 g/mol. The fourth-order valence-corrected chi connectivity index (χ4v) is 3.53. The van der Waals surface area contributed by atoms with Gasteiger partial charge in [0.1, 0.15) is 11.6 Å². The number of methoxy groups -OCH3 is 1. The number of halogens is 1. The fraction of sp³-hybridized carbons (Fsp3) is 0.190. The third kappa shape index (κ3) is 5.45. The molecule has 0 spiro atoms. The van der Waals surface area contributed by atoms with Crippen LogP contribution in [0.15, 0.2) is 64.5 Å². The summed E-state index contributed by atoms with van der Waals surface area (Å²) in [5, 5.41) is 2.63. The number of nitrogens with zero attached hydrogens (tertiary/aromatic N) is 1. The normalized spacial score (nSPS) is 11.7. The van der Waals surface area contributed by atoms with Crippen LogP contribution >= 0.6 is 11.8 Å². The minimum Gasteiger partial charge on any atom is -0.497 e. The maximum absolute atomic E-state index is 13.0. The number of aromatic amines is 1. The van der Waals surface area contributed by atoms with E-state index in [0.717, 1.165) is 5.56 Å². The van der Waals surface area contributed by atoms with E-state index in [1.165, 1.54) is 42.1 Å². The van der Waals surface area contributed by atoms with Crippen LogP contribution < -0.4 is 15.6 Å². The van der Waals surface area contributed by atoms with Gasteiger partial charge in [0, 0.05) is 17.3 Å². The maximum Gasteiger partial charge on any atom is 0.252 e. The smallest absolute Gasteiger partial charge is 0.252 e. The van der Waals surface area contributed by atoms with Gasteiger partial charge < -0.3 is 15.0 Å². The molecule has 8 heteroatoms. The van der Waals surface area contributed by atoms with Crippen molar-refractivity contribution in [1.82, 2.24) is 9.97 Å². The first-order valence-electron chi connectivity index (χ1n) is 8.97. The van der Waals surface area contributed by atoms with Crippen molar-refractivity contribution in [3.05, 3.63) is 70.8 Å². The van der Waals surface area contributed by atoms with Crippen molar-refractivity contribution in [2.75, 3.05) is 12.4 Å². The topological polar surface area (TPSA) is 84.1 Å². The highest BCUT2D eigenvalue weighted by molar-refractivity contribution is 8.00. The molecule has 150 valence electrons. The molecule has 1 amide bonds. The molecule has 0 aliphatic rings. The standard InChI is InChI=1S/C21H20FN3O3S/c1-3-18(20(27)23-15-8-6-14(22)7-9-15)29-21-24-17(12-19(26)25-21)13-4-10-16(28-2)11-5-13/h4-12,18H,3H2,1-2H3,(H,23,27)(H,24,25,26). The lowest BCUT2D eigenvalue weighted by molar-refractivity contribution is -0.115. The third-order valence-electron chi connectivity index (χ3n) is 4.13. The van der Waals surface area contributed by atoms with Gasteiger partial charge in [-0.2, -0.15) is 0 Å². The van der Waals surface area contributed by atoms with Gasteiger partial charge in [-0.3, -0.25) is 9.59 Å². The van der Waals surface area contributed by atoms with Crippen molar-refractivity contribution in [1.29, 1.82) is 0 Å². The summed E-state index contributed by atoms with van der Waals surface area (Å²) in [5.74, 6) is 0.0832. The molecule has 0 saturated carbocycles. The summed E-state index contributed by atoms with van der Waals surface area (Å²) in [4.78, 5) is 31.8. The highest BCUT2D eigenvalue weighted by atomic mass is 32.2. The fourth-order valence-electron chi connectivity index (χ4n) is 2.61. The lowest BCUT2D eigenvalue weighted by Gasteiger charge is -2.14. The van der Waals surface area contributed by atoms with Crippen molar-refractivity contribution in [2.24, 2.45) is 0 Å². The molecule has 2 aromatic carbocycles. The number of rotatable bonds is 7. The van der Waals surface area contributed by atoms with E-state index in [4.69, 9.17) is 4.74 Å². The Morgan fingerprint density at radius 1 is 1.21 bits per heavy atom. The average Bonchev–Trinajstić information content (AvgIpc) is 2.73. The number of ether oxygens (including phenoxy) is 1. The Balaban J connectivity index is 1.78. The molecule has 0 saturated heterocycles. The van der Waals surface area contributed by atoms with Gasteiger partial charge in [-0.25, -0.2) is 9.37 Å². The third-order valence-corrected chi connectivity index (χ3v) is 5.38. The van der Waals surface area contributed by atoms with E-state index in [9.17, 15) is 14.0 Å². The van der Waals surface area contributed by atoms with Crippen LogP contribution in [0.1, 0.15) is 13.3 Å². The first kappa shape index (κ1) is 20.6. The quantitative estimate of drug-likeness (QED) is 0.450. The van der Waals surface area contributed by atoms with E-state index in [2.05, 4.69) is 15.3 Å². The van der Waals surface area contributed by atoms with Gasteiger partial charge in [0.15, 0.2) is 5.16 Å². The van der Waals surface area contributed by atoms with E-state index >= 15 is 0 Å². The summed E-state index contributed by atoms with van der Waals surface area (Å²) in [6, 6.07) is 14.2. The largest absolute Gasteiger partial charge is 0.497 e. The predicted octanol–water partition coefficient (Wildman–Crippen LogP) is 4.09. The average molecular weight is 413 g/mol. The molecule has 0 aliphatic carbocycles. The Morgan fingerprint density at radius 2 is 1.90 bits per heavy atom. The minimum atomic E-state index is -0.477. The number of carbonyl (C=O) groups is 1. The molecule has 0 radical (unpaired) electrons. The van der Waals surface area contributed by atoms with Gasteiger partial charge >= 0.3 is 0 Å². The van der Waals surface area contributed by atoms with Crippen LogP contribution in [0.5, 0.6) is 5.75 Å². The second-order valence-corrected chi connectivity index (χ2v) is 7.37. The number of carbonyl (C=O) groups excluding carboxylic acids is 1. The Bertz CT molecular complexity index is 1040. The predicted molar refractivity (Wildman–Crippen MR) is 112 cm³/mol. The van der Waals surface area contributed by atoms with Crippen molar-refractivity contribution >= 4 is 23.4 Å². The number of thioether (sulfide) groups is 1. The van der Waals surface area contributed by atoms with Crippen LogP contribution in [0.2, 0.25) is 0 Å². The van der Waals surface area contributed by atoms with Crippen LogP contribution in [0.25, 0.3) is 11.3 Å². The van der Waals surface area contributed by atoms with E-state index < -0.39 is 5.25 Å². The zero-order valence-corrected chi connectivity index (χ0v) is 16.8. The number of nitrogens with one attached hydrogen (secondary N) is 2. The van der Waals surface area contributed by atoms with Crippen LogP contribution in [0.4, 0.5) is 10.1 Å². The second-order valence-electron chi connectivity index (χ2n) is 6.18. The first-order chi connectivity index (χ1) is 14.0. The molecule has 1 atom stereocenters. The molecule has 0 aliphatic heterocycles. The lowest BCUT2D eigenvalue weighted by atomic mass is 10.1. The number of amides is 1. The van der Waals surface area contributed by atoms with Crippen molar-refractivity contribution < 1.29 is 13.9 Å². The van der Waals surface area contributed by atoms with Crippen molar-refractivity contribution in [2.45, 2.75) is 23.8 Å². The SMILES string of the molecule is CCC(Sc1nc(-c2ccc(OC)cc2)cc(=O)[nH]1)C(=O)Nc1ccc(F)cc1. The number of hydrogen-bond donors (Lipinski definition) is 2. The second kappa shape index (κ2) is 9.38. The van der Waals surface area contributed by atoms with Crippen LogP contribution in [-0.2, 0) is 4.79 Å². The van der Waals surface area contributed by atoms with Crippen LogP contribution in [0.3, 0.4) is 0 Å². The van der Waals surface area contributed by atoms with Gasteiger partial charge in [-0.1, -0.05) is 18.7 Å². The number of hydrogen-bond acceptors (Lipinski definition) is 5. The molecule has 0 bridgehead atoms. The summed E-state index contributed by atoms with van der Waals surface area (Å²) < 4.78 is 18.2. The minimum absolute atomic E-state index is 0.249. The van der Waals surface area contributed by atoms with Gasteiger partial charge in [0.25, 0.3) is 5.56 Å². The summed E-state index contributed by atoms with van der Waals surface area (Å²) in [5.41, 5.74) is 1.47. The number of benzene rings is 2. The summed E-state index contributed by atoms with van der Waals surface area (Å²) in [6.45, 7) is 1.87. The Labute approximate surface area is 171 Å². The van der Waals surface area contributed by atoms with Crippen LogP contribution in [0, 0.1) is 5.82 Å².